The monoisotopic (exact) mass is 324 g/mol. The highest BCUT2D eigenvalue weighted by molar-refractivity contribution is 7.90. The number of rotatable bonds is 6. The summed E-state index contributed by atoms with van der Waals surface area (Å²) in [4.78, 5) is 0. The van der Waals surface area contributed by atoms with Crippen molar-refractivity contribution in [2.45, 2.75) is 18.5 Å². The van der Waals surface area contributed by atoms with Crippen LogP contribution < -0.4 is 0 Å². The summed E-state index contributed by atoms with van der Waals surface area (Å²) in [6.07, 6.45) is -1.40. The molecule has 0 aliphatic rings. The number of benzene rings is 2. The van der Waals surface area contributed by atoms with E-state index in [-0.39, 0.29) is 17.9 Å². The highest BCUT2D eigenvalue weighted by Gasteiger charge is 2.21. The zero-order valence-corrected chi connectivity index (χ0v) is 12.6. The zero-order valence-electron chi connectivity index (χ0n) is 11.8. The molecule has 1 unspecified atom stereocenters. The lowest BCUT2D eigenvalue weighted by atomic mass is 10.1. The molecule has 0 heterocycles. The third-order valence-electron chi connectivity index (χ3n) is 3.27. The fourth-order valence-corrected chi connectivity index (χ4v) is 3.61. The molecule has 0 aliphatic heterocycles. The molecule has 2 aromatic rings. The molecule has 1 atom stereocenters. The summed E-state index contributed by atoms with van der Waals surface area (Å²) in [7, 11) is -3.60. The first-order valence-electron chi connectivity index (χ1n) is 6.73. The molecular formula is C16H17FO4S. The largest absolute Gasteiger partial charge is 0.392 e. The molecule has 118 valence electrons. The van der Waals surface area contributed by atoms with Gasteiger partial charge in [0.25, 0.3) is 0 Å². The van der Waals surface area contributed by atoms with Crippen LogP contribution in [0.1, 0.15) is 22.8 Å². The van der Waals surface area contributed by atoms with Crippen LogP contribution in [0.4, 0.5) is 4.39 Å². The number of hydrogen-bond acceptors (Lipinski definition) is 4. The van der Waals surface area contributed by atoms with Crippen LogP contribution in [-0.2, 0) is 22.2 Å². The Hall–Kier alpha value is -1.76. The maximum absolute atomic E-state index is 13.5. The van der Waals surface area contributed by atoms with E-state index in [1.165, 1.54) is 18.2 Å². The highest BCUT2D eigenvalue weighted by Crippen LogP contribution is 2.20. The first kappa shape index (κ1) is 16.6. The molecule has 2 aromatic carbocycles. The van der Waals surface area contributed by atoms with E-state index >= 15 is 0 Å². The minimum Gasteiger partial charge on any atom is -0.392 e. The van der Waals surface area contributed by atoms with E-state index in [0.717, 1.165) is 0 Å². The van der Waals surface area contributed by atoms with Crippen LogP contribution >= 0.6 is 0 Å². The second-order valence-corrected chi connectivity index (χ2v) is 7.18. The zero-order chi connectivity index (χ0) is 16.2. The van der Waals surface area contributed by atoms with Crippen LogP contribution in [-0.4, -0.2) is 24.4 Å². The van der Waals surface area contributed by atoms with Gasteiger partial charge in [0, 0.05) is 5.56 Å². The van der Waals surface area contributed by atoms with E-state index in [2.05, 4.69) is 0 Å². The van der Waals surface area contributed by atoms with Crippen LogP contribution in [0.5, 0.6) is 0 Å². The number of sulfone groups is 1. The SMILES string of the molecule is O=S(=O)(Cc1ccc(CO)cc1)CC(O)c1ccccc1F. The molecular weight excluding hydrogens is 307 g/mol. The molecule has 0 aromatic heterocycles. The summed E-state index contributed by atoms with van der Waals surface area (Å²) in [5, 5.41) is 18.9. The van der Waals surface area contributed by atoms with E-state index in [0.29, 0.717) is 11.1 Å². The molecule has 4 nitrogen and oxygen atoms in total. The summed E-state index contributed by atoms with van der Waals surface area (Å²) in [6.45, 7) is -0.112. The molecule has 2 N–H and O–H groups in total. The second kappa shape index (κ2) is 7.00. The Bertz CT molecular complexity index is 726. The van der Waals surface area contributed by atoms with Crippen molar-refractivity contribution in [1.29, 1.82) is 0 Å². The van der Waals surface area contributed by atoms with Gasteiger partial charge in [-0.25, -0.2) is 12.8 Å². The average Bonchev–Trinajstić information content (AvgIpc) is 2.47. The van der Waals surface area contributed by atoms with Crippen molar-refractivity contribution in [1.82, 2.24) is 0 Å². The molecule has 0 fully saturated rings. The fraction of sp³-hybridized carbons (Fsp3) is 0.250. The van der Waals surface area contributed by atoms with Gasteiger partial charge in [-0.3, -0.25) is 0 Å². The lowest BCUT2D eigenvalue weighted by Crippen LogP contribution is -2.17. The van der Waals surface area contributed by atoms with Gasteiger partial charge in [-0.05, 0) is 17.2 Å². The van der Waals surface area contributed by atoms with E-state index < -0.39 is 27.5 Å². The van der Waals surface area contributed by atoms with E-state index in [4.69, 9.17) is 5.11 Å². The van der Waals surface area contributed by atoms with Crippen molar-refractivity contribution in [3.8, 4) is 0 Å². The number of aliphatic hydroxyl groups excluding tert-OH is 2. The molecule has 0 saturated heterocycles. The van der Waals surface area contributed by atoms with E-state index in [1.807, 2.05) is 0 Å². The van der Waals surface area contributed by atoms with Gasteiger partial charge in [0.05, 0.1) is 24.2 Å². The third-order valence-corrected chi connectivity index (χ3v) is 4.86. The van der Waals surface area contributed by atoms with Gasteiger partial charge >= 0.3 is 0 Å². The van der Waals surface area contributed by atoms with E-state index in [9.17, 15) is 17.9 Å². The summed E-state index contributed by atoms with van der Waals surface area (Å²) in [6, 6.07) is 12.1. The molecule has 0 bridgehead atoms. The molecule has 0 spiro atoms. The van der Waals surface area contributed by atoms with Gasteiger partial charge in [-0.1, -0.05) is 42.5 Å². The Balaban J connectivity index is 2.08. The smallest absolute Gasteiger partial charge is 0.157 e. The van der Waals surface area contributed by atoms with Crippen molar-refractivity contribution in [3.63, 3.8) is 0 Å². The maximum atomic E-state index is 13.5. The normalized spacial score (nSPS) is 13.0. The Morgan fingerprint density at radius 2 is 1.59 bits per heavy atom. The topological polar surface area (TPSA) is 74.6 Å². The van der Waals surface area contributed by atoms with Crippen molar-refractivity contribution < 1.29 is 23.0 Å². The van der Waals surface area contributed by atoms with Crippen LogP contribution in [0.3, 0.4) is 0 Å². The Labute approximate surface area is 128 Å². The van der Waals surface area contributed by atoms with Crippen LogP contribution in [0.15, 0.2) is 48.5 Å². The second-order valence-electron chi connectivity index (χ2n) is 5.07. The summed E-state index contributed by atoms with van der Waals surface area (Å²) in [5.74, 6) is -1.42. The van der Waals surface area contributed by atoms with Gasteiger partial charge in [0.1, 0.15) is 5.82 Å². The summed E-state index contributed by atoms with van der Waals surface area (Å²) in [5.41, 5.74) is 1.21. The Morgan fingerprint density at radius 3 is 2.18 bits per heavy atom. The third kappa shape index (κ3) is 4.37. The molecule has 0 amide bonds. The van der Waals surface area contributed by atoms with Crippen LogP contribution in [0, 0.1) is 5.82 Å². The molecule has 0 radical (unpaired) electrons. The van der Waals surface area contributed by atoms with Crippen LogP contribution in [0.2, 0.25) is 0 Å². The van der Waals surface area contributed by atoms with Crippen molar-refractivity contribution in [2.75, 3.05) is 5.75 Å². The van der Waals surface area contributed by atoms with Gasteiger partial charge in [0.15, 0.2) is 9.84 Å². The minimum atomic E-state index is -3.60. The molecule has 22 heavy (non-hydrogen) atoms. The molecule has 6 heteroatoms. The van der Waals surface area contributed by atoms with Crippen molar-refractivity contribution in [2.24, 2.45) is 0 Å². The lowest BCUT2D eigenvalue weighted by Gasteiger charge is -2.12. The predicted octanol–water partition coefficient (Wildman–Crippen LogP) is 1.97. The van der Waals surface area contributed by atoms with Gasteiger partial charge in [-0.2, -0.15) is 0 Å². The molecule has 0 aliphatic carbocycles. The Kier molecular flexibility index (Phi) is 5.28. The van der Waals surface area contributed by atoms with Crippen molar-refractivity contribution in [3.05, 3.63) is 71.0 Å². The number of aliphatic hydroxyl groups is 2. The number of hydrogen-bond donors (Lipinski definition) is 2. The molecule has 2 rings (SSSR count). The first-order chi connectivity index (χ1) is 10.4. The fourth-order valence-electron chi connectivity index (χ4n) is 2.13. The van der Waals surface area contributed by atoms with E-state index in [1.54, 1.807) is 30.3 Å². The maximum Gasteiger partial charge on any atom is 0.157 e. The first-order valence-corrected chi connectivity index (χ1v) is 8.55. The standard InChI is InChI=1S/C16H17FO4S/c17-15-4-2-1-3-14(15)16(19)11-22(20,21)10-13-7-5-12(9-18)6-8-13/h1-8,16,18-19H,9-11H2. The van der Waals surface area contributed by atoms with Gasteiger partial charge < -0.3 is 10.2 Å². The predicted molar refractivity (Wildman–Crippen MR) is 81.2 cm³/mol. The quantitative estimate of drug-likeness (QED) is 0.852. The van der Waals surface area contributed by atoms with Crippen LogP contribution in [0.25, 0.3) is 0 Å². The lowest BCUT2D eigenvalue weighted by molar-refractivity contribution is 0.196. The number of halogens is 1. The summed E-state index contributed by atoms with van der Waals surface area (Å²) >= 11 is 0. The minimum absolute atomic E-state index is 0.0262. The van der Waals surface area contributed by atoms with Gasteiger partial charge in [0.2, 0.25) is 0 Å². The van der Waals surface area contributed by atoms with Crippen molar-refractivity contribution >= 4 is 9.84 Å². The summed E-state index contributed by atoms with van der Waals surface area (Å²) < 4.78 is 37.8. The highest BCUT2D eigenvalue weighted by atomic mass is 32.2. The molecule has 0 saturated carbocycles. The van der Waals surface area contributed by atoms with Gasteiger partial charge in [-0.15, -0.1) is 0 Å². The Morgan fingerprint density at radius 1 is 1.00 bits per heavy atom. The average molecular weight is 324 g/mol.